The number of hydrogen-bond donors (Lipinski definition) is 0. The van der Waals surface area contributed by atoms with Crippen LogP contribution in [-0.2, 0) is 0 Å². The molecule has 0 aliphatic heterocycles. The second-order valence-corrected chi connectivity index (χ2v) is 6.21. The van der Waals surface area contributed by atoms with Crippen LogP contribution in [0.4, 0.5) is 0 Å². The minimum atomic E-state index is 0.0364. The van der Waals surface area contributed by atoms with Crippen LogP contribution >= 0.6 is 43.2 Å². The summed E-state index contributed by atoms with van der Waals surface area (Å²) >= 11 is 8.36. The highest BCUT2D eigenvalue weighted by atomic mass is 79.9. The van der Waals surface area contributed by atoms with E-state index in [0.29, 0.717) is 0 Å². The number of alkyl halides is 2. The predicted octanol–water partition coefficient (Wildman–Crippen LogP) is 3.48. The Kier molecular flexibility index (Phi) is 2.43. The standard InChI is InChI=1S/C7H4Br2N2S/c8-6(9)7-10-3-5-4(11-7)1-2-12-5/h1-3,6H. The summed E-state index contributed by atoms with van der Waals surface area (Å²) in [4.78, 5) is 8.52. The molecule has 5 heteroatoms. The van der Waals surface area contributed by atoms with Crippen molar-refractivity contribution in [3.8, 4) is 0 Å². The number of nitrogens with zero attached hydrogens (tertiary/aromatic N) is 2. The van der Waals surface area contributed by atoms with Crippen LogP contribution < -0.4 is 0 Å². The molecule has 0 atom stereocenters. The van der Waals surface area contributed by atoms with Crippen LogP contribution in [0.15, 0.2) is 17.6 Å². The lowest BCUT2D eigenvalue weighted by atomic mass is 10.5. The lowest BCUT2D eigenvalue weighted by Gasteiger charge is -1.98. The maximum Gasteiger partial charge on any atom is 0.153 e. The first-order chi connectivity index (χ1) is 5.77. The van der Waals surface area contributed by atoms with Gasteiger partial charge < -0.3 is 0 Å². The highest BCUT2D eigenvalue weighted by molar-refractivity contribution is 9.24. The van der Waals surface area contributed by atoms with Crippen molar-refractivity contribution in [2.24, 2.45) is 0 Å². The molecule has 12 heavy (non-hydrogen) atoms. The molecule has 2 nitrogen and oxygen atoms in total. The van der Waals surface area contributed by atoms with Gasteiger partial charge in [-0.2, -0.15) is 0 Å². The highest BCUT2D eigenvalue weighted by Gasteiger charge is 2.06. The number of hydrogen-bond acceptors (Lipinski definition) is 3. The Hall–Kier alpha value is -0.000000000000000167. The fraction of sp³-hybridized carbons (Fsp3) is 0.143. The third-order valence-corrected chi connectivity index (χ3v) is 3.08. The fourth-order valence-corrected chi connectivity index (χ4v) is 2.02. The number of fused-ring (bicyclic) bond motifs is 1. The van der Waals surface area contributed by atoms with Crippen LogP contribution in [0.1, 0.15) is 9.56 Å². The summed E-state index contributed by atoms with van der Waals surface area (Å²) in [5, 5.41) is 2.01. The van der Waals surface area contributed by atoms with Gasteiger partial charge in [0.25, 0.3) is 0 Å². The maximum atomic E-state index is 4.34. The first-order valence-corrected chi connectivity index (χ1v) is 5.97. The summed E-state index contributed by atoms with van der Waals surface area (Å²) in [6.45, 7) is 0. The molecule has 0 amide bonds. The van der Waals surface area contributed by atoms with E-state index < -0.39 is 0 Å². The van der Waals surface area contributed by atoms with Crippen molar-refractivity contribution in [2.75, 3.05) is 0 Å². The first kappa shape index (κ1) is 8.59. The van der Waals surface area contributed by atoms with E-state index in [1.807, 2.05) is 17.6 Å². The van der Waals surface area contributed by atoms with Gasteiger partial charge in [0.05, 0.1) is 10.2 Å². The predicted molar refractivity (Wildman–Crippen MR) is 58.0 cm³/mol. The monoisotopic (exact) mass is 306 g/mol. The maximum absolute atomic E-state index is 4.34. The summed E-state index contributed by atoms with van der Waals surface area (Å²) in [7, 11) is 0. The van der Waals surface area contributed by atoms with E-state index in [9.17, 15) is 0 Å². The van der Waals surface area contributed by atoms with E-state index in [1.54, 1.807) is 11.3 Å². The molecule has 0 bridgehead atoms. The molecule has 0 aromatic carbocycles. The van der Waals surface area contributed by atoms with E-state index in [2.05, 4.69) is 41.8 Å². The third-order valence-electron chi connectivity index (χ3n) is 1.42. The van der Waals surface area contributed by atoms with Gasteiger partial charge in [-0.05, 0) is 11.4 Å². The third kappa shape index (κ3) is 1.53. The highest BCUT2D eigenvalue weighted by Crippen LogP contribution is 2.27. The van der Waals surface area contributed by atoms with Crippen LogP contribution in [-0.4, -0.2) is 9.97 Å². The van der Waals surface area contributed by atoms with Gasteiger partial charge >= 0.3 is 0 Å². The molecule has 0 aliphatic rings. The summed E-state index contributed by atoms with van der Waals surface area (Å²) in [6.07, 6.45) is 1.85. The van der Waals surface area contributed by atoms with Crippen molar-refractivity contribution in [3.05, 3.63) is 23.5 Å². The molecule has 0 spiro atoms. The van der Waals surface area contributed by atoms with Gasteiger partial charge in [-0.1, -0.05) is 31.9 Å². The second-order valence-electron chi connectivity index (χ2n) is 2.20. The van der Waals surface area contributed by atoms with Crippen LogP contribution in [0.5, 0.6) is 0 Å². The van der Waals surface area contributed by atoms with Crippen molar-refractivity contribution >= 4 is 53.4 Å². The molecule has 2 heterocycles. The van der Waals surface area contributed by atoms with E-state index in [-0.39, 0.29) is 3.74 Å². The molecule has 2 rings (SSSR count). The topological polar surface area (TPSA) is 25.8 Å². The Bertz CT molecular complexity index is 399. The largest absolute Gasteiger partial charge is 0.238 e. The average molecular weight is 308 g/mol. The van der Waals surface area contributed by atoms with E-state index >= 15 is 0 Å². The van der Waals surface area contributed by atoms with Gasteiger partial charge in [-0.15, -0.1) is 11.3 Å². The van der Waals surface area contributed by atoms with Crippen molar-refractivity contribution in [3.63, 3.8) is 0 Å². The Morgan fingerprint density at radius 3 is 3.00 bits per heavy atom. The van der Waals surface area contributed by atoms with Crippen LogP contribution in [0.25, 0.3) is 10.2 Å². The van der Waals surface area contributed by atoms with Crippen molar-refractivity contribution in [1.29, 1.82) is 0 Å². The zero-order chi connectivity index (χ0) is 8.55. The van der Waals surface area contributed by atoms with Crippen LogP contribution in [0.3, 0.4) is 0 Å². The lowest BCUT2D eigenvalue weighted by molar-refractivity contribution is 1.08. The van der Waals surface area contributed by atoms with Crippen LogP contribution in [0.2, 0.25) is 0 Å². The van der Waals surface area contributed by atoms with Crippen molar-refractivity contribution in [2.45, 2.75) is 3.74 Å². The summed E-state index contributed by atoms with van der Waals surface area (Å²) in [5.74, 6) is 0.765. The first-order valence-electron chi connectivity index (χ1n) is 3.25. The molecule has 0 N–H and O–H groups in total. The number of thiophene rings is 1. The molecule has 0 saturated heterocycles. The molecule has 0 saturated carbocycles. The van der Waals surface area contributed by atoms with Crippen molar-refractivity contribution < 1.29 is 0 Å². The molecular formula is C7H4Br2N2S. The van der Waals surface area contributed by atoms with Crippen LogP contribution in [0, 0.1) is 0 Å². The van der Waals surface area contributed by atoms with E-state index in [1.165, 1.54) is 0 Å². The van der Waals surface area contributed by atoms with Gasteiger partial charge in [0.15, 0.2) is 5.82 Å². The Morgan fingerprint density at radius 1 is 1.42 bits per heavy atom. The lowest BCUT2D eigenvalue weighted by Crippen LogP contribution is -1.90. The minimum Gasteiger partial charge on any atom is -0.238 e. The quantitative estimate of drug-likeness (QED) is 0.754. The molecule has 0 fully saturated rings. The van der Waals surface area contributed by atoms with E-state index in [4.69, 9.17) is 0 Å². The van der Waals surface area contributed by atoms with Gasteiger partial charge in [-0.25, -0.2) is 9.97 Å². The van der Waals surface area contributed by atoms with Crippen molar-refractivity contribution in [1.82, 2.24) is 9.97 Å². The summed E-state index contributed by atoms with van der Waals surface area (Å²) in [5.41, 5.74) is 1.01. The summed E-state index contributed by atoms with van der Waals surface area (Å²) in [6, 6.07) is 1.99. The zero-order valence-corrected chi connectivity index (χ0v) is 9.86. The van der Waals surface area contributed by atoms with E-state index in [0.717, 1.165) is 16.0 Å². The van der Waals surface area contributed by atoms with Gasteiger partial charge in [0.2, 0.25) is 0 Å². The normalized spacial score (nSPS) is 11.2. The molecule has 2 aromatic rings. The SMILES string of the molecule is BrC(Br)c1ncc2sccc2n1. The molecule has 62 valence electrons. The average Bonchev–Trinajstić information content (AvgIpc) is 2.49. The minimum absolute atomic E-state index is 0.0364. The zero-order valence-electron chi connectivity index (χ0n) is 5.87. The molecular weight excluding hydrogens is 304 g/mol. The number of rotatable bonds is 1. The number of aromatic nitrogens is 2. The number of halogens is 2. The molecule has 2 aromatic heterocycles. The fourth-order valence-electron chi connectivity index (χ4n) is 0.885. The van der Waals surface area contributed by atoms with Gasteiger partial charge in [0.1, 0.15) is 3.74 Å². The Balaban J connectivity index is 2.60. The Morgan fingerprint density at radius 2 is 2.25 bits per heavy atom. The molecule has 0 aliphatic carbocycles. The second kappa shape index (κ2) is 3.40. The van der Waals surface area contributed by atoms with Gasteiger partial charge in [-0.3, -0.25) is 0 Å². The smallest absolute Gasteiger partial charge is 0.153 e. The Labute approximate surface area is 90.3 Å². The molecule has 0 unspecified atom stereocenters. The summed E-state index contributed by atoms with van der Waals surface area (Å²) < 4.78 is 1.16. The molecule has 0 radical (unpaired) electrons. The van der Waals surface area contributed by atoms with Gasteiger partial charge in [0, 0.05) is 6.20 Å².